The number of pyridine rings is 1. The second kappa shape index (κ2) is 7.70. The molecule has 1 atom stereocenters. The van der Waals surface area contributed by atoms with E-state index < -0.39 is 11.7 Å². The molecule has 8 heteroatoms. The van der Waals surface area contributed by atoms with Crippen molar-refractivity contribution in [2.45, 2.75) is 32.5 Å². The summed E-state index contributed by atoms with van der Waals surface area (Å²) in [5, 5.41) is 3.10. The van der Waals surface area contributed by atoms with Crippen LogP contribution in [0, 0.1) is 12.8 Å². The van der Waals surface area contributed by atoms with Gasteiger partial charge in [-0.25, -0.2) is 9.97 Å². The highest BCUT2D eigenvalue weighted by Crippen LogP contribution is 2.35. The van der Waals surface area contributed by atoms with Crippen molar-refractivity contribution in [2.24, 2.45) is 5.92 Å². The minimum absolute atomic E-state index is 0.191. The van der Waals surface area contributed by atoms with E-state index in [0.29, 0.717) is 0 Å². The molecule has 0 saturated carbocycles. The summed E-state index contributed by atoms with van der Waals surface area (Å²) in [5.41, 5.74) is 0.230. The van der Waals surface area contributed by atoms with Crippen LogP contribution in [0.5, 0.6) is 5.88 Å². The molecular formula is C17H20F3N3OS. The van der Waals surface area contributed by atoms with Gasteiger partial charge in [0, 0.05) is 30.6 Å². The van der Waals surface area contributed by atoms with Gasteiger partial charge < -0.3 is 4.74 Å². The lowest BCUT2D eigenvalue weighted by Gasteiger charge is -2.32. The number of alkyl halides is 3. The fraction of sp³-hybridized carbons (Fsp3) is 0.529. The summed E-state index contributed by atoms with van der Waals surface area (Å²) in [7, 11) is 0. The molecule has 0 aliphatic carbocycles. The molecule has 0 aromatic carbocycles. The van der Waals surface area contributed by atoms with Crippen molar-refractivity contribution >= 4 is 11.3 Å². The van der Waals surface area contributed by atoms with Crippen molar-refractivity contribution in [3.05, 3.63) is 40.0 Å². The van der Waals surface area contributed by atoms with Crippen molar-refractivity contribution in [1.82, 2.24) is 14.9 Å². The van der Waals surface area contributed by atoms with Crippen molar-refractivity contribution in [2.75, 3.05) is 19.7 Å². The third-order valence-electron chi connectivity index (χ3n) is 4.19. The smallest absolute Gasteiger partial charge is 0.421 e. The van der Waals surface area contributed by atoms with Gasteiger partial charge in [0.1, 0.15) is 5.56 Å². The van der Waals surface area contributed by atoms with Gasteiger partial charge in [0.25, 0.3) is 0 Å². The first kappa shape index (κ1) is 18.1. The molecule has 0 N–H and O–H groups in total. The zero-order chi connectivity index (χ0) is 17.9. The molecule has 3 rings (SSSR count). The average molecular weight is 371 g/mol. The summed E-state index contributed by atoms with van der Waals surface area (Å²) < 4.78 is 44.4. The summed E-state index contributed by atoms with van der Waals surface area (Å²) in [6.45, 7) is 4.77. The van der Waals surface area contributed by atoms with Gasteiger partial charge in [-0.1, -0.05) is 0 Å². The largest absolute Gasteiger partial charge is 0.477 e. The minimum Gasteiger partial charge on any atom is -0.477 e. The summed E-state index contributed by atoms with van der Waals surface area (Å²) in [4.78, 5) is 10.5. The van der Waals surface area contributed by atoms with E-state index >= 15 is 0 Å². The van der Waals surface area contributed by atoms with Crippen LogP contribution in [0.3, 0.4) is 0 Å². The maximum absolute atomic E-state index is 13.0. The molecule has 2 aromatic heterocycles. The normalized spacial score (nSPS) is 19.1. The average Bonchev–Trinajstić information content (AvgIpc) is 2.98. The molecule has 1 aliphatic heterocycles. The van der Waals surface area contributed by atoms with Gasteiger partial charge in [-0.05, 0) is 38.4 Å². The molecule has 136 valence electrons. The zero-order valence-electron chi connectivity index (χ0n) is 13.9. The quantitative estimate of drug-likeness (QED) is 0.791. The van der Waals surface area contributed by atoms with Crippen LogP contribution in [-0.2, 0) is 12.7 Å². The molecule has 2 aromatic rings. The number of thiazole rings is 1. The summed E-state index contributed by atoms with van der Waals surface area (Å²) >= 11 is 1.63. The number of aryl methyl sites for hydroxylation is 1. The standard InChI is InChI=1S/C17H20F3N3OS/c1-12-22-14(11-25-12)9-23-7-3-4-13(8-23)10-24-16-15(17(18,19)20)5-2-6-21-16/h2,5-6,11,13H,3-4,7-10H2,1H3. The number of likely N-dealkylation sites (tertiary alicyclic amines) is 1. The lowest BCUT2D eigenvalue weighted by molar-refractivity contribution is -0.139. The fourth-order valence-electron chi connectivity index (χ4n) is 3.06. The van der Waals surface area contributed by atoms with Gasteiger partial charge in [-0.3, -0.25) is 4.90 Å². The molecule has 4 nitrogen and oxygen atoms in total. The Bertz CT molecular complexity index is 704. The summed E-state index contributed by atoms with van der Waals surface area (Å²) in [6, 6.07) is 2.27. The van der Waals surface area contributed by atoms with Gasteiger partial charge in [0.05, 0.1) is 17.3 Å². The number of aromatic nitrogens is 2. The summed E-state index contributed by atoms with van der Waals surface area (Å²) in [6.07, 6.45) is -1.18. The Labute approximate surface area is 148 Å². The van der Waals surface area contributed by atoms with Gasteiger partial charge in [-0.15, -0.1) is 11.3 Å². The van der Waals surface area contributed by atoms with Crippen LogP contribution in [0.15, 0.2) is 23.7 Å². The van der Waals surface area contributed by atoms with Crippen LogP contribution >= 0.6 is 11.3 Å². The monoisotopic (exact) mass is 371 g/mol. The highest BCUT2D eigenvalue weighted by atomic mass is 32.1. The maximum Gasteiger partial charge on any atom is 0.421 e. The Morgan fingerprint density at radius 3 is 2.96 bits per heavy atom. The van der Waals surface area contributed by atoms with Gasteiger partial charge in [0.15, 0.2) is 0 Å². The van der Waals surface area contributed by atoms with Crippen LogP contribution < -0.4 is 4.74 Å². The van der Waals surface area contributed by atoms with E-state index in [4.69, 9.17) is 4.74 Å². The molecule has 0 spiro atoms. The Hall–Kier alpha value is -1.67. The van der Waals surface area contributed by atoms with Crippen molar-refractivity contribution in [1.29, 1.82) is 0 Å². The lowest BCUT2D eigenvalue weighted by Crippen LogP contribution is -2.37. The predicted octanol–water partition coefficient (Wildman–Crippen LogP) is 4.16. The van der Waals surface area contributed by atoms with E-state index in [0.717, 1.165) is 49.2 Å². The second-order valence-corrected chi connectivity index (χ2v) is 7.33. The molecule has 0 bridgehead atoms. The first-order valence-corrected chi connectivity index (χ1v) is 9.08. The molecule has 0 radical (unpaired) electrons. The number of halogens is 3. The van der Waals surface area contributed by atoms with Crippen LogP contribution in [0.25, 0.3) is 0 Å². The predicted molar refractivity (Wildman–Crippen MR) is 89.6 cm³/mol. The van der Waals surface area contributed by atoms with Gasteiger partial charge in [0.2, 0.25) is 5.88 Å². The number of hydrogen-bond acceptors (Lipinski definition) is 5. The first-order chi connectivity index (χ1) is 11.9. The maximum atomic E-state index is 13.0. The number of rotatable bonds is 5. The van der Waals surface area contributed by atoms with E-state index in [1.165, 1.54) is 12.3 Å². The lowest BCUT2D eigenvalue weighted by atomic mass is 9.99. The Morgan fingerprint density at radius 1 is 1.40 bits per heavy atom. The third-order valence-corrected chi connectivity index (χ3v) is 5.01. The first-order valence-electron chi connectivity index (χ1n) is 8.20. The van der Waals surface area contributed by atoms with Crippen LogP contribution in [0.4, 0.5) is 13.2 Å². The number of hydrogen-bond donors (Lipinski definition) is 0. The van der Waals surface area contributed by atoms with Crippen molar-refractivity contribution < 1.29 is 17.9 Å². The molecule has 3 heterocycles. The van der Waals surface area contributed by atoms with E-state index in [9.17, 15) is 13.2 Å². The van der Waals surface area contributed by atoms with E-state index in [-0.39, 0.29) is 18.4 Å². The number of nitrogens with zero attached hydrogens (tertiary/aromatic N) is 3. The number of piperidine rings is 1. The molecule has 1 fully saturated rings. The highest BCUT2D eigenvalue weighted by Gasteiger charge is 2.35. The molecule has 1 aliphatic rings. The zero-order valence-corrected chi connectivity index (χ0v) is 14.7. The van der Waals surface area contributed by atoms with Crippen molar-refractivity contribution in [3.8, 4) is 5.88 Å². The topological polar surface area (TPSA) is 38.2 Å². The number of ether oxygens (including phenoxy) is 1. The van der Waals surface area contributed by atoms with E-state index in [1.54, 1.807) is 11.3 Å². The van der Waals surface area contributed by atoms with Gasteiger partial charge in [-0.2, -0.15) is 13.2 Å². The van der Waals surface area contributed by atoms with Crippen LogP contribution in [0.1, 0.15) is 29.1 Å². The van der Waals surface area contributed by atoms with Crippen molar-refractivity contribution in [3.63, 3.8) is 0 Å². The van der Waals surface area contributed by atoms with Gasteiger partial charge >= 0.3 is 6.18 Å². The molecule has 1 unspecified atom stereocenters. The highest BCUT2D eigenvalue weighted by molar-refractivity contribution is 7.09. The van der Waals surface area contributed by atoms with E-state index in [1.807, 2.05) is 6.92 Å². The van der Waals surface area contributed by atoms with Crippen LogP contribution in [0.2, 0.25) is 0 Å². The minimum atomic E-state index is -4.45. The molecule has 0 amide bonds. The van der Waals surface area contributed by atoms with E-state index in [2.05, 4.69) is 20.2 Å². The fourth-order valence-corrected chi connectivity index (χ4v) is 3.66. The third kappa shape index (κ3) is 4.92. The molecule has 1 saturated heterocycles. The molecular weight excluding hydrogens is 351 g/mol. The summed E-state index contributed by atoms with van der Waals surface area (Å²) in [5.74, 6) is -0.140. The Morgan fingerprint density at radius 2 is 2.24 bits per heavy atom. The Kier molecular flexibility index (Phi) is 5.58. The van der Waals surface area contributed by atoms with Crippen LogP contribution in [-0.4, -0.2) is 34.6 Å². The molecule has 25 heavy (non-hydrogen) atoms. The Balaban J connectivity index is 1.57. The SMILES string of the molecule is Cc1nc(CN2CCCC(COc3ncccc3C(F)(F)F)C2)cs1. The second-order valence-electron chi connectivity index (χ2n) is 6.27.